The summed E-state index contributed by atoms with van der Waals surface area (Å²) >= 11 is 0. The van der Waals surface area contributed by atoms with Crippen molar-refractivity contribution in [3.63, 3.8) is 0 Å². The maximum absolute atomic E-state index is 13.4. The maximum Gasteiger partial charge on any atom is 0.303 e. The van der Waals surface area contributed by atoms with Crippen LogP contribution >= 0.6 is 0 Å². The second kappa shape index (κ2) is 3.97. The van der Waals surface area contributed by atoms with Crippen molar-refractivity contribution < 1.29 is 8.78 Å². The van der Waals surface area contributed by atoms with Gasteiger partial charge >= 0.3 is 5.92 Å². The number of para-hydroxylation sites is 1. The summed E-state index contributed by atoms with van der Waals surface area (Å²) in [6.45, 7) is -0.771. The number of nitrogens with two attached hydrogens (primary N) is 1. The van der Waals surface area contributed by atoms with Gasteiger partial charge in [-0.15, -0.1) is 5.10 Å². The van der Waals surface area contributed by atoms with Gasteiger partial charge in [-0.3, -0.25) is 0 Å². The number of hydrogen-bond acceptors (Lipinski definition) is 3. The lowest BCUT2D eigenvalue weighted by Gasteiger charge is -2.14. The van der Waals surface area contributed by atoms with Crippen molar-refractivity contribution in [3.8, 4) is 5.69 Å². The van der Waals surface area contributed by atoms with E-state index in [-0.39, 0.29) is 5.69 Å². The summed E-state index contributed by atoms with van der Waals surface area (Å²) < 4.78 is 28.0. The number of nitrogens with zero attached hydrogens (tertiary/aromatic N) is 3. The van der Waals surface area contributed by atoms with Gasteiger partial charge < -0.3 is 5.73 Å². The molecular weight excluding hydrogens is 214 g/mol. The second-order valence-corrected chi connectivity index (χ2v) is 3.28. The van der Waals surface area contributed by atoms with E-state index in [9.17, 15) is 8.78 Å². The fourth-order valence-electron chi connectivity index (χ4n) is 1.35. The highest BCUT2D eigenvalue weighted by molar-refractivity contribution is 5.32. The molecule has 0 saturated heterocycles. The summed E-state index contributed by atoms with van der Waals surface area (Å²) in [7, 11) is 0. The zero-order valence-electron chi connectivity index (χ0n) is 8.35. The predicted molar refractivity (Wildman–Crippen MR) is 54.3 cm³/mol. The molecule has 0 saturated carbocycles. The van der Waals surface area contributed by atoms with Gasteiger partial charge in [0.1, 0.15) is 5.69 Å². The standard InChI is InChI=1S/C10H10F2N4/c11-10(12,7-13)9-6-14-15-16(9)8-4-2-1-3-5-8/h1-6H,7,13H2. The molecule has 0 aliphatic carbocycles. The largest absolute Gasteiger partial charge is 0.325 e. The van der Waals surface area contributed by atoms with Crippen molar-refractivity contribution >= 4 is 0 Å². The molecule has 4 nitrogen and oxygen atoms in total. The van der Waals surface area contributed by atoms with Crippen molar-refractivity contribution in [1.29, 1.82) is 0 Å². The zero-order valence-corrected chi connectivity index (χ0v) is 8.35. The van der Waals surface area contributed by atoms with Gasteiger partial charge in [-0.25, -0.2) is 4.68 Å². The van der Waals surface area contributed by atoms with Gasteiger partial charge in [0.15, 0.2) is 0 Å². The Morgan fingerprint density at radius 2 is 1.94 bits per heavy atom. The van der Waals surface area contributed by atoms with E-state index in [1.807, 2.05) is 0 Å². The average molecular weight is 224 g/mol. The number of rotatable bonds is 3. The van der Waals surface area contributed by atoms with Crippen LogP contribution in [0.2, 0.25) is 0 Å². The monoisotopic (exact) mass is 224 g/mol. The van der Waals surface area contributed by atoms with Crippen molar-refractivity contribution in [2.75, 3.05) is 6.54 Å². The highest BCUT2D eigenvalue weighted by Gasteiger charge is 2.34. The Morgan fingerprint density at radius 3 is 2.56 bits per heavy atom. The molecule has 0 aliphatic heterocycles. The molecule has 2 N–H and O–H groups in total. The molecule has 0 unspecified atom stereocenters. The molecular formula is C10H10F2N4. The van der Waals surface area contributed by atoms with Crippen LogP contribution in [0.4, 0.5) is 8.78 Å². The Bertz CT molecular complexity index is 467. The minimum absolute atomic E-state index is 0.304. The van der Waals surface area contributed by atoms with Crippen LogP contribution in [0.3, 0.4) is 0 Å². The molecule has 2 rings (SSSR count). The number of hydrogen-bond donors (Lipinski definition) is 1. The van der Waals surface area contributed by atoms with Crippen molar-refractivity contribution in [1.82, 2.24) is 15.0 Å². The molecule has 84 valence electrons. The van der Waals surface area contributed by atoms with E-state index in [1.54, 1.807) is 30.3 Å². The lowest BCUT2D eigenvalue weighted by molar-refractivity contribution is -0.00105. The van der Waals surface area contributed by atoms with E-state index in [2.05, 4.69) is 10.3 Å². The Hall–Kier alpha value is -1.82. The van der Waals surface area contributed by atoms with Gasteiger partial charge in [0.25, 0.3) is 0 Å². The van der Waals surface area contributed by atoms with Crippen LogP contribution in [-0.2, 0) is 5.92 Å². The van der Waals surface area contributed by atoms with E-state index in [1.165, 1.54) is 0 Å². The van der Waals surface area contributed by atoms with E-state index in [4.69, 9.17) is 5.73 Å². The summed E-state index contributed by atoms with van der Waals surface area (Å²) in [4.78, 5) is 0. The lowest BCUT2D eigenvalue weighted by atomic mass is 10.2. The summed E-state index contributed by atoms with van der Waals surface area (Å²) in [5.41, 5.74) is 5.25. The number of halogens is 2. The SMILES string of the molecule is NCC(F)(F)c1cnnn1-c1ccccc1. The third-order valence-corrected chi connectivity index (χ3v) is 2.18. The Morgan fingerprint density at radius 1 is 1.25 bits per heavy atom. The number of aromatic nitrogens is 3. The summed E-state index contributed by atoms with van der Waals surface area (Å²) in [6.07, 6.45) is 1.03. The molecule has 2 aromatic rings. The normalized spacial score (nSPS) is 11.7. The first-order valence-corrected chi connectivity index (χ1v) is 4.69. The lowest BCUT2D eigenvalue weighted by Crippen LogP contribution is -2.28. The molecule has 6 heteroatoms. The molecule has 16 heavy (non-hydrogen) atoms. The Labute approximate surface area is 90.7 Å². The van der Waals surface area contributed by atoms with Crippen LogP contribution in [0, 0.1) is 0 Å². The van der Waals surface area contributed by atoms with Gasteiger partial charge in [-0.05, 0) is 12.1 Å². The van der Waals surface area contributed by atoms with Gasteiger partial charge in [0, 0.05) is 0 Å². The van der Waals surface area contributed by atoms with Gasteiger partial charge in [-0.2, -0.15) is 8.78 Å². The molecule has 0 fully saturated rings. The van der Waals surface area contributed by atoms with Crippen molar-refractivity contribution in [2.24, 2.45) is 5.73 Å². The molecule has 1 heterocycles. The minimum Gasteiger partial charge on any atom is -0.325 e. The minimum atomic E-state index is -3.13. The summed E-state index contributed by atoms with van der Waals surface area (Å²) in [6, 6.07) is 8.61. The first kappa shape index (κ1) is 10.7. The topological polar surface area (TPSA) is 56.7 Å². The van der Waals surface area contributed by atoms with Crippen LogP contribution in [0.1, 0.15) is 5.69 Å². The summed E-state index contributed by atoms with van der Waals surface area (Å²) in [5, 5.41) is 7.12. The fraction of sp³-hybridized carbons (Fsp3) is 0.200. The molecule has 0 bridgehead atoms. The number of alkyl halides is 2. The molecule has 1 aromatic carbocycles. The van der Waals surface area contributed by atoms with Gasteiger partial charge in [0.2, 0.25) is 0 Å². The van der Waals surface area contributed by atoms with E-state index in [0.717, 1.165) is 10.9 Å². The molecule has 1 aromatic heterocycles. The van der Waals surface area contributed by atoms with Crippen molar-refractivity contribution in [3.05, 3.63) is 42.2 Å². The Balaban J connectivity index is 2.49. The van der Waals surface area contributed by atoms with E-state index < -0.39 is 12.5 Å². The van der Waals surface area contributed by atoms with Crippen LogP contribution in [0.15, 0.2) is 36.5 Å². The maximum atomic E-state index is 13.4. The third kappa shape index (κ3) is 1.79. The molecule has 0 atom stereocenters. The Kier molecular flexibility index (Phi) is 2.66. The van der Waals surface area contributed by atoms with Gasteiger partial charge in [0.05, 0.1) is 18.4 Å². The smallest absolute Gasteiger partial charge is 0.303 e. The van der Waals surface area contributed by atoms with Crippen LogP contribution < -0.4 is 5.73 Å². The molecule has 0 amide bonds. The van der Waals surface area contributed by atoms with Crippen LogP contribution in [-0.4, -0.2) is 21.5 Å². The van der Waals surface area contributed by atoms with E-state index >= 15 is 0 Å². The highest BCUT2D eigenvalue weighted by atomic mass is 19.3. The molecule has 0 radical (unpaired) electrons. The fourth-order valence-corrected chi connectivity index (χ4v) is 1.35. The van der Waals surface area contributed by atoms with E-state index in [0.29, 0.717) is 5.69 Å². The van der Waals surface area contributed by atoms with Gasteiger partial charge in [-0.1, -0.05) is 23.4 Å². The zero-order chi connectivity index (χ0) is 11.6. The molecule has 0 spiro atoms. The van der Waals surface area contributed by atoms with Crippen LogP contribution in [0.5, 0.6) is 0 Å². The first-order chi connectivity index (χ1) is 7.65. The highest BCUT2D eigenvalue weighted by Crippen LogP contribution is 2.27. The van der Waals surface area contributed by atoms with Crippen LogP contribution in [0.25, 0.3) is 5.69 Å². The van der Waals surface area contributed by atoms with Crippen molar-refractivity contribution in [2.45, 2.75) is 5.92 Å². The average Bonchev–Trinajstić information content (AvgIpc) is 2.80. The quantitative estimate of drug-likeness (QED) is 0.855. The molecule has 0 aliphatic rings. The summed E-state index contributed by atoms with van der Waals surface area (Å²) in [5.74, 6) is -3.13. The second-order valence-electron chi connectivity index (χ2n) is 3.28. The first-order valence-electron chi connectivity index (χ1n) is 4.69. The number of benzene rings is 1. The predicted octanol–water partition coefficient (Wildman–Crippen LogP) is 1.32. The third-order valence-electron chi connectivity index (χ3n) is 2.18.